The van der Waals surface area contributed by atoms with E-state index < -0.39 is 0 Å². The molecule has 2 bridgehead atoms. The van der Waals surface area contributed by atoms with Crippen molar-refractivity contribution in [2.24, 2.45) is 17.3 Å². The summed E-state index contributed by atoms with van der Waals surface area (Å²) in [4.78, 5) is 11.1. The molecule has 2 saturated carbocycles. The molecule has 2 rings (SSSR count). The number of ether oxygens (including phenoxy) is 1. The molecule has 3 unspecified atom stereocenters. The third kappa shape index (κ3) is 2.99. The average molecular weight is 276 g/mol. The molecule has 20 heavy (non-hydrogen) atoms. The van der Waals surface area contributed by atoms with Crippen molar-refractivity contribution in [3.8, 4) is 0 Å². The zero-order valence-corrected chi connectivity index (χ0v) is 13.2. The number of hydrogen-bond donors (Lipinski definition) is 0. The molecule has 0 spiro atoms. The molecule has 112 valence electrons. The van der Waals surface area contributed by atoms with E-state index in [1.54, 1.807) is 0 Å². The minimum Gasteiger partial charge on any atom is -0.461 e. The zero-order valence-electron chi connectivity index (χ0n) is 13.2. The smallest absolute Gasteiger partial charge is 0.305 e. The summed E-state index contributed by atoms with van der Waals surface area (Å²) in [6.07, 6.45) is 9.05. The van der Waals surface area contributed by atoms with Crippen LogP contribution in [0.25, 0.3) is 0 Å². The number of esters is 1. The van der Waals surface area contributed by atoms with Crippen molar-refractivity contribution in [1.29, 1.82) is 0 Å². The first-order valence-corrected chi connectivity index (χ1v) is 7.98. The maximum absolute atomic E-state index is 11.1. The normalized spacial score (nSPS) is 32.8. The van der Waals surface area contributed by atoms with Crippen LogP contribution in [0.5, 0.6) is 0 Å². The lowest BCUT2D eigenvalue weighted by Gasteiger charge is -2.36. The van der Waals surface area contributed by atoms with Gasteiger partial charge in [-0.2, -0.15) is 0 Å². The zero-order chi connectivity index (χ0) is 14.8. The summed E-state index contributed by atoms with van der Waals surface area (Å²) in [6, 6.07) is 0. The van der Waals surface area contributed by atoms with Gasteiger partial charge in [-0.25, -0.2) is 0 Å². The second kappa shape index (κ2) is 6.15. The molecular formula is C18H28O2. The van der Waals surface area contributed by atoms with E-state index in [1.807, 2.05) is 13.8 Å². The van der Waals surface area contributed by atoms with Gasteiger partial charge in [0.15, 0.2) is 0 Å². The fraction of sp³-hybridized carbons (Fsp3) is 0.722. The second-order valence-corrected chi connectivity index (χ2v) is 6.75. The highest BCUT2D eigenvalue weighted by Crippen LogP contribution is 2.60. The molecule has 2 fully saturated rings. The fourth-order valence-electron chi connectivity index (χ4n) is 3.94. The number of allylic oxidation sites excluding steroid dienone is 2. The second-order valence-electron chi connectivity index (χ2n) is 6.75. The first-order valence-electron chi connectivity index (χ1n) is 7.98. The average Bonchev–Trinajstić information content (AvgIpc) is 3.00. The van der Waals surface area contributed by atoms with Crippen LogP contribution in [-0.2, 0) is 9.53 Å². The minimum absolute atomic E-state index is 0.119. The van der Waals surface area contributed by atoms with Gasteiger partial charge in [-0.3, -0.25) is 4.79 Å². The highest BCUT2D eigenvalue weighted by atomic mass is 16.5. The summed E-state index contributed by atoms with van der Waals surface area (Å²) in [5, 5.41) is 0. The minimum atomic E-state index is -0.119. The van der Waals surface area contributed by atoms with Crippen molar-refractivity contribution in [2.75, 3.05) is 6.61 Å². The number of carbonyl (C=O) groups is 1. The van der Waals surface area contributed by atoms with E-state index >= 15 is 0 Å². The predicted octanol–water partition coefficient (Wildman–Crippen LogP) is 4.66. The highest BCUT2D eigenvalue weighted by molar-refractivity contribution is 5.69. The molecule has 2 nitrogen and oxygen atoms in total. The molecule has 0 aromatic rings. The molecule has 0 aliphatic heterocycles. The van der Waals surface area contributed by atoms with Gasteiger partial charge in [-0.05, 0) is 61.9 Å². The van der Waals surface area contributed by atoms with Crippen molar-refractivity contribution in [1.82, 2.24) is 0 Å². The Morgan fingerprint density at radius 1 is 1.50 bits per heavy atom. The van der Waals surface area contributed by atoms with E-state index in [-0.39, 0.29) is 5.97 Å². The molecule has 0 radical (unpaired) electrons. The van der Waals surface area contributed by atoms with Crippen LogP contribution in [0.1, 0.15) is 59.3 Å². The largest absolute Gasteiger partial charge is 0.461 e. The van der Waals surface area contributed by atoms with Crippen molar-refractivity contribution in [2.45, 2.75) is 59.3 Å². The Balaban J connectivity index is 1.80. The van der Waals surface area contributed by atoms with Crippen molar-refractivity contribution >= 4 is 5.97 Å². The van der Waals surface area contributed by atoms with Crippen molar-refractivity contribution in [3.05, 3.63) is 23.8 Å². The van der Waals surface area contributed by atoms with Gasteiger partial charge in [0.05, 0.1) is 0 Å². The van der Waals surface area contributed by atoms with E-state index in [9.17, 15) is 4.79 Å². The van der Waals surface area contributed by atoms with Crippen molar-refractivity contribution < 1.29 is 9.53 Å². The maximum atomic E-state index is 11.1. The Kier molecular flexibility index (Phi) is 4.72. The Morgan fingerprint density at radius 2 is 2.25 bits per heavy atom. The molecule has 0 saturated heterocycles. The van der Waals surface area contributed by atoms with Crippen LogP contribution in [-0.4, -0.2) is 12.6 Å². The molecule has 3 atom stereocenters. The number of carbonyl (C=O) groups excluding carboxylic acids is 1. The molecule has 0 N–H and O–H groups in total. The third-order valence-corrected chi connectivity index (χ3v) is 5.47. The first-order chi connectivity index (χ1) is 9.47. The van der Waals surface area contributed by atoms with Gasteiger partial charge in [-0.15, -0.1) is 0 Å². The quantitative estimate of drug-likeness (QED) is 0.521. The van der Waals surface area contributed by atoms with Gasteiger partial charge in [0.2, 0.25) is 0 Å². The van der Waals surface area contributed by atoms with Crippen LogP contribution in [0.2, 0.25) is 0 Å². The lowest BCUT2D eigenvalue weighted by atomic mass is 9.69. The van der Waals surface area contributed by atoms with Crippen LogP contribution < -0.4 is 0 Å². The first kappa shape index (κ1) is 15.3. The third-order valence-electron chi connectivity index (χ3n) is 5.47. The van der Waals surface area contributed by atoms with Crippen LogP contribution in [0.4, 0.5) is 0 Å². The van der Waals surface area contributed by atoms with Gasteiger partial charge in [0.25, 0.3) is 0 Å². The van der Waals surface area contributed by atoms with E-state index in [4.69, 9.17) is 4.74 Å². The standard InChI is InChI=1S/C18H28O2/c1-5-17(19)20-12-13(2)7-6-10-18(4)14(3)15-8-9-16(18)11-15/h7,15-16H,3,5-6,8-12H2,1-2,4H3. The van der Waals surface area contributed by atoms with E-state index in [0.717, 1.165) is 23.8 Å². The van der Waals surface area contributed by atoms with Crippen LogP contribution in [0.15, 0.2) is 23.8 Å². The monoisotopic (exact) mass is 276 g/mol. The molecule has 2 aliphatic rings. The van der Waals surface area contributed by atoms with Gasteiger partial charge in [0, 0.05) is 6.42 Å². The van der Waals surface area contributed by atoms with E-state index in [2.05, 4.69) is 19.6 Å². The van der Waals surface area contributed by atoms with Gasteiger partial charge in [-0.1, -0.05) is 32.1 Å². The highest BCUT2D eigenvalue weighted by Gasteiger charge is 2.49. The van der Waals surface area contributed by atoms with Crippen LogP contribution in [0, 0.1) is 17.3 Å². The molecule has 2 aliphatic carbocycles. The fourth-order valence-corrected chi connectivity index (χ4v) is 3.94. The van der Waals surface area contributed by atoms with Gasteiger partial charge in [0.1, 0.15) is 6.61 Å². The van der Waals surface area contributed by atoms with E-state index in [1.165, 1.54) is 31.3 Å². The molecule has 0 aromatic heterocycles. The lowest BCUT2D eigenvalue weighted by Crippen LogP contribution is -2.26. The van der Waals surface area contributed by atoms with E-state index in [0.29, 0.717) is 18.4 Å². The molecule has 0 aromatic carbocycles. The SMILES string of the molecule is C=C1C2CCC(C2)C1(C)CCC=C(C)COC(=O)CC. The Hall–Kier alpha value is -1.05. The van der Waals surface area contributed by atoms with Gasteiger partial charge < -0.3 is 4.74 Å². The summed E-state index contributed by atoms with van der Waals surface area (Å²) in [7, 11) is 0. The summed E-state index contributed by atoms with van der Waals surface area (Å²) >= 11 is 0. The summed E-state index contributed by atoms with van der Waals surface area (Å²) in [6.45, 7) is 11.1. The molecular weight excluding hydrogens is 248 g/mol. The summed E-state index contributed by atoms with van der Waals surface area (Å²) < 4.78 is 5.15. The topological polar surface area (TPSA) is 26.3 Å². The van der Waals surface area contributed by atoms with Crippen LogP contribution in [0.3, 0.4) is 0 Å². The Morgan fingerprint density at radius 3 is 2.85 bits per heavy atom. The number of rotatable bonds is 6. The summed E-state index contributed by atoms with van der Waals surface area (Å²) in [5.74, 6) is 1.53. The van der Waals surface area contributed by atoms with Crippen molar-refractivity contribution in [3.63, 3.8) is 0 Å². The number of fused-ring (bicyclic) bond motifs is 2. The maximum Gasteiger partial charge on any atom is 0.305 e. The Labute approximate surface area is 123 Å². The lowest BCUT2D eigenvalue weighted by molar-refractivity contribution is -0.142. The number of hydrogen-bond acceptors (Lipinski definition) is 2. The van der Waals surface area contributed by atoms with Gasteiger partial charge >= 0.3 is 5.97 Å². The molecule has 2 heteroatoms. The van der Waals surface area contributed by atoms with Crippen LogP contribution >= 0.6 is 0 Å². The predicted molar refractivity (Wildman–Crippen MR) is 82.3 cm³/mol. The summed E-state index contributed by atoms with van der Waals surface area (Å²) in [5.41, 5.74) is 3.00. The Bertz CT molecular complexity index is 421. The molecule has 0 amide bonds. The molecule has 0 heterocycles.